The quantitative estimate of drug-likeness (QED) is 0.794. The number of nitrogens with two attached hydrogens (primary N) is 1. The smallest absolute Gasteiger partial charge is 0.0931 e. The first-order valence-corrected chi connectivity index (χ1v) is 7.93. The Labute approximate surface area is 113 Å². The molecule has 1 aliphatic rings. The molecule has 1 aliphatic carbocycles. The van der Waals surface area contributed by atoms with Gasteiger partial charge in [-0.25, -0.2) is 0 Å². The molecule has 0 bridgehead atoms. The van der Waals surface area contributed by atoms with E-state index in [1.54, 1.807) is 11.3 Å². The van der Waals surface area contributed by atoms with Crippen molar-refractivity contribution in [3.05, 3.63) is 21.3 Å². The van der Waals surface area contributed by atoms with Crippen LogP contribution < -0.4 is 5.73 Å². The molecular weight excluding hydrogens is 250 g/mol. The van der Waals surface area contributed by atoms with E-state index in [1.165, 1.54) is 49.8 Å². The Hall–Kier alpha value is -0.0500. The molecule has 1 fully saturated rings. The molecule has 0 spiro atoms. The minimum atomic E-state index is 0.313. The van der Waals surface area contributed by atoms with Crippen molar-refractivity contribution in [2.75, 3.05) is 0 Å². The van der Waals surface area contributed by atoms with Gasteiger partial charge in [0.2, 0.25) is 0 Å². The summed E-state index contributed by atoms with van der Waals surface area (Å²) in [4.78, 5) is 1.33. The van der Waals surface area contributed by atoms with Gasteiger partial charge in [-0.2, -0.15) is 0 Å². The zero-order chi connectivity index (χ0) is 12.1. The van der Waals surface area contributed by atoms with Crippen molar-refractivity contribution >= 4 is 22.9 Å². The van der Waals surface area contributed by atoms with Gasteiger partial charge in [-0.3, -0.25) is 0 Å². The zero-order valence-electron chi connectivity index (χ0n) is 10.3. The van der Waals surface area contributed by atoms with Crippen LogP contribution >= 0.6 is 22.9 Å². The maximum atomic E-state index is 6.26. The van der Waals surface area contributed by atoms with Crippen LogP contribution in [0.2, 0.25) is 4.34 Å². The Balaban J connectivity index is 1.77. The largest absolute Gasteiger partial charge is 0.327 e. The van der Waals surface area contributed by atoms with Gasteiger partial charge in [-0.1, -0.05) is 50.1 Å². The van der Waals surface area contributed by atoms with E-state index in [9.17, 15) is 0 Å². The zero-order valence-corrected chi connectivity index (χ0v) is 11.9. The Morgan fingerprint density at radius 3 is 2.53 bits per heavy atom. The molecular formula is C14H22ClNS. The lowest BCUT2D eigenvalue weighted by Crippen LogP contribution is -2.25. The first-order valence-electron chi connectivity index (χ1n) is 6.74. The van der Waals surface area contributed by atoms with Crippen molar-refractivity contribution in [2.24, 2.45) is 11.7 Å². The topological polar surface area (TPSA) is 26.0 Å². The SMILES string of the molecule is NC(Cc1ccc(Cl)s1)CC1CCCCCC1. The van der Waals surface area contributed by atoms with Gasteiger partial charge in [0.15, 0.2) is 0 Å². The number of rotatable bonds is 4. The highest BCUT2D eigenvalue weighted by molar-refractivity contribution is 7.16. The normalized spacial score (nSPS) is 20.1. The van der Waals surface area contributed by atoms with Crippen LogP contribution in [0, 0.1) is 5.92 Å². The van der Waals surface area contributed by atoms with Crippen molar-refractivity contribution in [2.45, 2.75) is 57.4 Å². The summed E-state index contributed by atoms with van der Waals surface area (Å²) in [6, 6.07) is 4.40. The molecule has 1 heterocycles. The molecule has 3 heteroatoms. The monoisotopic (exact) mass is 271 g/mol. The summed E-state index contributed by atoms with van der Waals surface area (Å²) in [6.07, 6.45) is 10.6. The van der Waals surface area contributed by atoms with Crippen LogP contribution in [-0.2, 0) is 6.42 Å². The molecule has 2 N–H and O–H groups in total. The van der Waals surface area contributed by atoms with Crippen molar-refractivity contribution in [3.63, 3.8) is 0 Å². The fraction of sp³-hybridized carbons (Fsp3) is 0.714. The van der Waals surface area contributed by atoms with E-state index in [4.69, 9.17) is 17.3 Å². The maximum Gasteiger partial charge on any atom is 0.0931 e. The van der Waals surface area contributed by atoms with E-state index >= 15 is 0 Å². The van der Waals surface area contributed by atoms with Gasteiger partial charge in [0.25, 0.3) is 0 Å². The summed E-state index contributed by atoms with van der Waals surface area (Å²) in [7, 11) is 0. The summed E-state index contributed by atoms with van der Waals surface area (Å²) >= 11 is 7.60. The molecule has 1 aromatic heterocycles. The first kappa shape index (κ1) is 13.4. The van der Waals surface area contributed by atoms with Crippen LogP contribution in [0.5, 0.6) is 0 Å². The van der Waals surface area contributed by atoms with Crippen LogP contribution in [0.4, 0.5) is 0 Å². The number of hydrogen-bond acceptors (Lipinski definition) is 2. The molecule has 17 heavy (non-hydrogen) atoms. The van der Waals surface area contributed by atoms with Gasteiger partial charge in [-0.15, -0.1) is 11.3 Å². The van der Waals surface area contributed by atoms with Crippen LogP contribution in [-0.4, -0.2) is 6.04 Å². The second-order valence-electron chi connectivity index (χ2n) is 5.26. The van der Waals surface area contributed by atoms with Gasteiger partial charge in [0, 0.05) is 10.9 Å². The van der Waals surface area contributed by atoms with E-state index < -0.39 is 0 Å². The summed E-state index contributed by atoms with van der Waals surface area (Å²) in [5.41, 5.74) is 6.26. The predicted octanol–water partition coefficient (Wildman–Crippen LogP) is 4.63. The average molecular weight is 272 g/mol. The third kappa shape index (κ3) is 4.61. The van der Waals surface area contributed by atoms with E-state index in [0.717, 1.165) is 16.7 Å². The molecule has 1 nitrogen and oxygen atoms in total. The molecule has 0 aliphatic heterocycles. The molecule has 1 atom stereocenters. The van der Waals surface area contributed by atoms with Crippen LogP contribution in [0.15, 0.2) is 12.1 Å². The fourth-order valence-electron chi connectivity index (χ4n) is 2.83. The number of thiophene rings is 1. The van der Waals surface area contributed by atoms with Crippen molar-refractivity contribution in [1.82, 2.24) is 0 Å². The van der Waals surface area contributed by atoms with Gasteiger partial charge < -0.3 is 5.73 Å². The molecule has 0 aromatic carbocycles. The standard InChI is InChI=1S/C14H22ClNS/c15-14-8-7-13(17-14)10-12(16)9-11-5-3-1-2-4-6-11/h7-8,11-12H,1-6,9-10,16H2. The lowest BCUT2D eigenvalue weighted by Gasteiger charge is -2.18. The third-order valence-electron chi connectivity index (χ3n) is 3.70. The highest BCUT2D eigenvalue weighted by Gasteiger charge is 2.16. The highest BCUT2D eigenvalue weighted by Crippen LogP contribution is 2.28. The van der Waals surface area contributed by atoms with Gasteiger partial charge in [0.05, 0.1) is 4.34 Å². The van der Waals surface area contributed by atoms with Gasteiger partial charge in [0.1, 0.15) is 0 Å². The number of halogens is 1. The first-order chi connectivity index (χ1) is 8.24. The molecule has 0 radical (unpaired) electrons. The molecule has 96 valence electrons. The summed E-state index contributed by atoms with van der Waals surface area (Å²) in [5, 5.41) is 0. The van der Waals surface area contributed by atoms with Crippen LogP contribution in [0.3, 0.4) is 0 Å². The molecule has 1 unspecified atom stereocenters. The molecule has 0 amide bonds. The highest BCUT2D eigenvalue weighted by atomic mass is 35.5. The molecule has 2 rings (SSSR count). The predicted molar refractivity (Wildman–Crippen MR) is 76.8 cm³/mol. The van der Waals surface area contributed by atoms with Crippen LogP contribution in [0.25, 0.3) is 0 Å². The van der Waals surface area contributed by atoms with Gasteiger partial charge in [-0.05, 0) is 30.9 Å². The Bertz CT molecular complexity index is 329. The van der Waals surface area contributed by atoms with Crippen LogP contribution in [0.1, 0.15) is 49.8 Å². The molecule has 1 saturated carbocycles. The molecule has 0 saturated heterocycles. The number of hydrogen-bond donors (Lipinski definition) is 1. The maximum absolute atomic E-state index is 6.26. The Morgan fingerprint density at radius 1 is 1.24 bits per heavy atom. The second-order valence-corrected chi connectivity index (χ2v) is 7.06. The summed E-state index contributed by atoms with van der Waals surface area (Å²) < 4.78 is 0.877. The Morgan fingerprint density at radius 2 is 1.94 bits per heavy atom. The van der Waals surface area contributed by atoms with Crippen molar-refractivity contribution in [3.8, 4) is 0 Å². The lowest BCUT2D eigenvalue weighted by molar-refractivity contribution is 0.388. The van der Waals surface area contributed by atoms with E-state index in [2.05, 4.69) is 6.07 Å². The third-order valence-corrected chi connectivity index (χ3v) is 4.96. The Kier molecular flexibility index (Phi) is 5.33. The summed E-state index contributed by atoms with van der Waals surface area (Å²) in [6.45, 7) is 0. The minimum absolute atomic E-state index is 0.313. The van der Waals surface area contributed by atoms with Crippen molar-refractivity contribution in [1.29, 1.82) is 0 Å². The van der Waals surface area contributed by atoms with E-state index in [-0.39, 0.29) is 0 Å². The van der Waals surface area contributed by atoms with Gasteiger partial charge >= 0.3 is 0 Å². The van der Waals surface area contributed by atoms with E-state index in [0.29, 0.717) is 6.04 Å². The average Bonchev–Trinajstić information content (AvgIpc) is 2.53. The summed E-state index contributed by atoms with van der Waals surface area (Å²) in [5.74, 6) is 0.864. The molecule has 1 aromatic rings. The van der Waals surface area contributed by atoms with E-state index in [1.807, 2.05) is 6.07 Å². The fourth-order valence-corrected chi connectivity index (χ4v) is 4.01. The second kappa shape index (κ2) is 6.77. The minimum Gasteiger partial charge on any atom is -0.327 e. The van der Waals surface area contributed by atoms with Crippen molar-refractivity contribution < 1.29 is 0 Å². The lowest BCUT2D eigenvalue weighted by atomic mass is 9.91.